The SMILES string of the molecule is COCCN1CC(Cc2cccc(C(=O)NC(C)C)c2)CC1=O. The maximum atomic E-state index is 12.1. The molecule has 1 heterocycles. The summed E-state index contributed by atoms with van der Waals surface area (Å²) >= 11 is 0. The molecule has 23 heavy (non-hydrogen) atoms. The van der Waals surface area contributed by atoms with Crippen LogP contribution < -0.4 is 5.32 Å². The van der Waals surface area contributed by atoms with Crippen molar-refractivity contribution in [2.75, 3.05) is 26.8 Å². The fraction of sp³-hybridized carbons (Fsp3) is 0.556. The van der Waals surface area contributed by atoms with Crippen molar-refractivity contribution >= 4 is 11.8 Å². The minimum absolute atomic E-state index is 0.0499. The van der Waals surface area contributed by atoms with Gasteiger partial charge in [0.2, 0.25) is 5.91 Å². The first-order valence-corrected chi connectivity index (χ1v) is 8.16. The third-order valence-electron chi connectivity index (χ3n) is 3.99. The highest BCUT2D eigenvalue weighted by Crippen LogP contribution is 2.22. The molecule has 2 rings (SSSR count). The molecule has 0 aromatic heterocycles. The van der Waals surface area contributed by atoms with Gasteiger partial charge in [-0.15, -0.1) is 0 Å². The lowest BCUT2D eigenvalue weighted by Crippen LogP contribution is -2.30. The number of methoxy groups -OCH3 is 1. The smallest absolute Gasteiger partial charge is 0.251 e. The van der Waals surface area contributed by atoms with Crippen molar-refractivity contribution in [2.24, 2.45) is 5.92 Å². The van der Waals surface area contributed by atoms with Crippen LogP contribution in [0.4, 0.5) is 0 Å². The Morgan fingerprint density at radius 1 is 1.43 bits per heavy atom. The molecule has 126 valence electrons. The van der Waals surface area contributed by atoms with Gasteiger partial charge in [-0.2, -0.15) is 0 Å². The molecule has 1 fully saturated rings. The first-order valence-electron chi connectivity index (χ1n) is 8.16. The second kappa shape index (κ2) is 8.11. The average Bonchev–Trinajstić information content (AvgIpc) is 2.84. The van der Waals surface area contributed by atoms with Gasteiger partial charge in [0, 0.05) is 38.2 Å². The molecular formula is C18H26N2O3. The third-order valence-corrected chi connectivity index (χ3v) is 3.99. The van der Waals surface area contributed by atoms with Crippen LogP contribution in [0.25, 0.3) is 0 Å². The van der Waals surface area contributed by atoms with E-state index in [9.17, 15) is 9.59 Å². The minimum Gasteiger partial charge on any atom is -0.383 e. The van der Waals surface area contributed by atoms with Gasteiger partial charge in [0.05, 0.1) is 6.61 Å². The first kappa shape index (κ1) is 17.5. The summed E-state index contributed by atoms with van der Waals surface area (Å²) in [5, 5.41) is 2.90. The molecule has 0 bridgehead atoms. The van der Waals surface area contributed by atoms with E-state index in [1.807, 2.05) is 43.0 Å². The fourth-order valence-corrected chi connectivity index (χ4v) is 2.93. The molecule has 1 aromatic carbocycles. The summed E-state index contributed by atoms with van der Waals surface area (Å²) in [5.74, 6) is 0.453. The number of rotatable bonds is 7. The van der Waals surface area contributed by atoms with Crippen LogP contribution >= 0.6 is 0 Å². The molecule has 2 amide bonds. The van der Waals surface area contributed by atoms with Crippen molar-refractivity contribution in [1.82, 2.24) is 10.2 Å². The van der Waals surface area contributed by atoms with E-state index in [2.05, 4.69) is 5.32 Å². The lowest BCUT2D eigenvalue weighted by molar-refractivity contribution is -0.128. The van der Waals surface area contributed by atoms with Gasteiger partial charge in [0.15, 0.2) is 0 Å². The van der Waals surface area contributed by atoms with E-state index in [0.717, 1.165) is 18.5 Å². The maximum absolute atomic E-state index is 12.1. The van der Waals surface area contributed by atoms with E-state index >= 15 is 0 Å². The number of carbonyl (C=O) groups excluding carboxylic acids is 2. The summed E-state index contributed by atoms with van der Waals surface area (Å²) in [4.78, 5) is 25.9. The zero-order chi connectivity index (χ0) is 16.8. The van der Waals surface area contributed by atoms with Crippen molar-refractivity contribution in [2.45, 2.75) is 32.7 Å². The predicted octanol–water partition coefficient (Wildman–Crippen LogP) is 1.86. The molecule has 5 nitrogen and oxygen atoms in total. The average molecular weight is 318 g/mol. The molecule has 0 radical (unpaired) electrons. The number of hydrogen-bond acceptors (Lipinski definition) is 3. The van der Waals surface area contributed by atoms with Crippen LogP contribution in [-0.4, -0.2) is 49.6 Å². The summed E-state index contributed by atoms with van der Waals surface area (Å²) in [7, 11) is 1.64. The Kier molecular flexibility index (Phi) is 6.16. The number of nitrogens with zero attached hydrogens (tertiary/aromatic N) is 1. The minimum atomic E-state index is -0.0499. The Balaban J connectivity index is 1.96. The highest BCUT2D eigenvalue weighted by molar-refractivity contribution is 5.94. The normalized spacial score (nSPS) is 17.8. The summed E-state index contributed by atoms with van der Waals surface area (Å²) in [6, 6.07) is 7.80. The molecule has 0 spiro atoms. The first-order chi connectivity index (χ1) is 11.0. The van der Waals surface area contributed by atoms with E-state index in [4.69, 9.17) is 4.74 Å². The maximum Gasteiger partial charge on any atom is 0.251 e. The molecule has 1 N–H and O–H groups in total. The predicted molar refractivity (Wildman–Crippen MR) is 89.3 cm³/mol. The summed E-state index contributed by atoms with van der Waals surface area (Å²) < 4.78 is 5.04. The van der Waals surface area contributed by atoms with Crippen LogP contribution in [-0.2, 0) is 16.0 Å². The van der Waals surface area contributed by atoms with Crippen LogP contribution in [0.1, 0.15) is 36.2 Å². The zero-order valence-electron chi connectivity index (χ0n) is 14.2. The quantitative estimate of drug-likeness (QED) is 0.835. The number of carbonyl (C=O) groups is 2. The molecular weight excluding hydrogens is 292 g/mol. The highest BCUT2D eigenvalue weighted by Gasteiger charge is 2.29. The molecule has 5 heteroatoms. The van der Waals surface area contributed by atoms with Gasteiger partial charge in [-0.1, -0.05) is 12.1 Å². The number of hydrogen-bond donors (Lipinski definition) is 1. The standard InChI is InChI=1S/C18H26N2O3/c1-13(2)19-18(22)16-6-4-5-14(10-16)9-15-11-17(21)20(12-15)7-8-23-3/h4-6,10,13,15H,7-9,11-12H2,1-3H3,(H,19,22). The Labute approximate surface area is 138 Å². The third kappa shape index (κ3) is 5.06. The molecule has 1 aromatic rings. The molecule has 1 aliphatic rings. The van der Waals surface area contributed by atoms with Crippen LogP contribution in [0.5, 0.6) is 0 Å². The lowest BCUT2D eigenvalue weighted by atomic mass is 9.97. The van der Waals surface area contributed by atoms with Crippen LogP contribution in [0, 0.1) is 5.92 Å². The van der Waals surface area contributed by atoms with Gasteiger partial charge >= 0.3 is 0 Å². The van der Waals surface area contributed by atoms with E-state index in [1.54, 1.807) is 7.11 Å². The van der Waals surface area contributed by atoms with Crippen molar-refractivity contribution in [1.29, 1.82) is 0 Å². The number of ether oxygens (including phenoxy) is 1. The molecule has 1 unspecified atom stereocenters. The number of nitrogens with one attached hydrogen (secondary N) is 1. The fourth-order valence-electron chi connectivity index (χ4n) is 2.93. The van der Waals surface area contributed by atoms with Gasteiger partial charge in [0.25, 0.3) is 5.91 Å². The second-order valence-corrected chi connectivity index (χ2v) is 6.44. The molecule has 1 atom stereocenters. The van der Waals surface area contributed by atoms with Crippen LogP contribution in [0.2, 0.25) is 0 Å². The van der Waals surface area contributed by atoms with Gasteiger partial charge in [-0.05, 0) is 43.9 Å². The monoisotopic (exact) mass is 318 g/mol. The molecule has 0 saturated carbocycles. The molecule has 1 saturated heterocycles. The highest BCUT2D eigenvalue weighted by atomic mass is 16.5. The summed E-state index contributed by atoms with van der Waals surface area (Å²) in [6.45, 7) is 5.89. The van der Waals surface area contributed by atoms with Crippen molar-refractivity contribution < 1.29 is 14.3 Å². The largest absolute Gasteiger partial charge is 0.383 e. The van der Waals surface area contributed by atoms with E-state index in [0.29, 0.717) is 31.1 Å². The van der Waals surface area contributed by atoms with Gasteiger partial charge in [-0.3, -0.25) is 9.59 Å². The Hall–Kier alpha value is -1.88. The van der Waals surface area contributed by atoms with E-state index in [1.165, 1.54) is 0 Å². The molecule has 1 aliphatic heterocycles. The number of amides is 2. The number of likely N-dealkylation sites (tertiary alicyclic amines) is 1. The number of benzene rings is 1. The Morgan fingerprint density at radius 3 is 2.91 bits per heavy atom. The Morgan fingerprint density at radius 2 is 2.22 bits per heavy atom. The van der Waals surface area contributed by atoms with Crippen LogP contribution in [0.15, 0.2) is 24.3 Å². The van der Waals surface area contributed by atoms with Crippen molar-refractivity contribution in [3.63, 3.8) is 0 Å². The van der Waals surface area contributed by atoms with Gasteiger partial charge in [0.1, 0.15) is 0 Å². The Bertz CT molecular complexity index is 557. The second-order valence-electron chi connectivity index (χ2n) is 6.44. The summed E-state index contributed by atoms with van der Waals surface area (Å²) in [5.41, 5.74) is 1.78. The zero-order valence-corrected chi connectivity index (χ0v) is 14.2. The van der Waals surface area contributed by atoms with Gasteiger partial charge in [-0.25, -0.2) is 0 Å². The summed E-state index contributed by atoms with van der Waals surface area (Å²) in [6.07, 6.45) is 1.39. The lowest BCUT2D eigenvalue weighted by Gasteiger charge is -2.16. The van der Waals surface area contributed by atoms with Gasteiger partial charge < -0.3 is 15.0 Å². The van der Waals surface area contributed by atoms with E-state index < -0.39 is 0 Å². The van der Waals surface area contributed by atoms with Crippen LogP contribution in [0.3, 0.4) is 0 Å². The molecule has 0 aliphatic carbocycles. The van der Waals surface area contributed by atoms with E-state index in [-0.39, 0.29) is 17.9 Å². The topological polar surface area (TPSA) is 58.6 Å². The van der Waals surface area contributed by atoms with Crippen molar-refractivity contribution in [3.8, 4) is 0 Å². The van der Waals surface area contributed by atoms with Crippen molar-refractivity contribution in [3.05, 3.63) is 35.4 Å².